The number of hydrogen-bond donors (Lipinski definition) is 1. The summed E-state index contributed by atoms with van der Waals surface area (Å²) in [4.78, 5) is 4.46. The number of anilines is 1. The van der Waals surface area contributed by atoms with Crippen LogP contribution < -0.4 is 5.32 Å². The monoisotopic (exact) mass is 248 g/mol. The van der Waals surface area contributed by atoms with E-state index in [2.05, 4.69) is 59.7 Å². The van der Waals surface area contributed by atoms with E-state index in [1.54, 1.807) is 0 Å². The van der Waals surface area contributed by atoms with Crippen LogP contribution in [0.15, 0.2) is 60.8 Å². The first-order valence-corrected chi connectivity index (χ1v) is 6.47. The summed E-state index contributed by atoms with van der Waals surface area (Å²) < 4.78 is 0. The molecule has 2 heteroatoms. The molecule has 0 aliphatic heterocycles. The summed E-state index contributed by atoms with van der Waals surface area (Å²) >= 11 is 0. The molecule has 1 heterocycles. The van der Waals surface area contributed by atoms with Crippen molar-refractivity contribution in [3.05, 3.63) is 71.9 Å². The largest absolute Gasteiger partial charge is 0.380 e. The standard InChI is InChI=1S/C17H16N2/c1-13-9-10-16(15-8-5-11-18-17(13)15)19-12-14-6-3-2-4-7-14/h2-11,19H,12H2,1H3. The van der Waals surface area contributed by atoms with Crippen LogP contribution in [0.1, 0.15) is 11.1 Å². The molecular weight excluding hydrogens is 232 g/mol. The number of nitrogens with one attached hydrogen (secondary N) is 1. The van der Waals surface area contributed by atoms with Crippen molar-refractivity contribution in [2.75, 3.05) is 5.32 Å². The van der Waals surface area contributed by atoms with Crippen molar-refractivity contribution in [2.24, 2.45) is 0 Å². The highest BCUT2D eigenvalue weighted by molar-refractivity contribution is 5.93. The normalized spacial score (nSPS) is 10.6. The van der Waals surface area contributed by atoms with E-state index in [-0.39, 0.29) is 0 Å². The summed E-state index contributed by atoms with van der Waals surface area (Å²) in [5.41, 5.74) is 4.69. The Balaban J connectivity index is 1.91. The molecule has 0 radical (unpaired) electrons. The average Bonchev–Trinajstić information content (AvgIpc) is 2.48. The molecule has 3 rings (SSSR count). The fourth-order valence-electron chi connectivity index (χ4n) is 2.26. The van der Waals surface area contributed by atoms with Gasteiger partial charge in [0.05, 0.1) is 5.52 Å². The number of hydrogen-bond acceptors (Lipinski definition) is 2. The van der Waals surface area contributed by atoms with Crippen molar-refractivity contribution >= 4 is 16.6 Å². The molecule has 0 aliphatic rings. The van der Waals surface area contributed by atoms with Crippen LogP contribution in [0.2, 0.25) is 0 Å². The first-order chi connectivity index (χ1) is 9.34. The highest BCUT2D eigenvalue weighted by atomic mass is 14.9. The van der Waals surface area contributed by atoms with E-state index < -0.39 is 0 Å². The molecule has 1 aromatic heterocycles. The number of aryl methyl sites for hydroxylation is 1. The lowest BCUT2D eigenvalue weighted by Crippen LogP contribution is -2.00. The van der Waals surface area contributed by atoms with E-state index in [4.69, 9.17) is 0 Å². The van der Waals surface area contributed by atoms with Gasteiger partial charge in [0.25, 0.3) is 0 Å². The maximum atomic E-state index is 4.46. The summed E-state index contributed by atoms with van der Waals surface area (Å²) in [7, 11) is 0. The number of pyridine rings is 1. The molecule has 94 valence electrons. The minimum absolute atomic E-state index is 0.827. The smallest absolute Gasteiger partial charge is 0.0751 e. The van der Waals surface area contributed by atoms with Gasteiger partial charge in [-0.2, -0.15) is 0 Å². The zero-order valence-electron chi connectivity index (χ0n) is 10.9. The quantitative estimate of drug-likeness (QED) is 0.753. The Labute approximate surface area is 113 Å². The van der Waals surface area contributed by atoms with E-state index >= 15 is 0 Å². The van der Waals surface area contributed by atoms with Crippen molar-refractivity contribution < 1.29 is 0 Å². The second-order valence-electron chi connectivity index (χ2n) is 4.67. The van der Waals surface area contributed by atoms with Crippen molar-refractivity contribution in [1.82, 2.24) is 4.98 Å². The Bertz CT molecular complexity index is 690. The van der Waals surface area contributed by atoms with Crippen molar-refractivity contribution in [1.29, 1.82) is 0 Å². The zero-order chi connectivity index (χ0) is 13.1. The zero-order valence-corrected chi connectivity index (χ0v) is 10.9. The molecule has 19 heavy (non-hydrogen) atoms. The molecule has 0 saturated carbocycles. The van der Waals surface area contributed by atoms with E-state index in [9.17, 15) is 0 Å². The number of fused-ring (bicyclic) bond motifs is 1. The molecule has 2 nitrogen and oxygen atoms in total. The van der Waals surface area contributed by atoms with Gasteiger partial charge in [0, 0.05) is 23.8 Å². The Kier molecular flexibility index (Phi) is 3.15. The second-order valence-corrected chi connectivity index (χ2v) is 4.67. The molecule has 2 aromatic carbocycles. The molecule has 3 aromatic rings. The van der Waals surface area contributed by atoms with Gasteiger partial charge in [-0.05, 0) is 36.2 Å². The van der Waals surface area contributed by atoms with Crippen molar-refractivity contribution in [3.63, 3.8) is 0 Å². The van der Waals surface area contributed by atoms with Crippen LogP contribution in [0, 0.1) is 6.92 Å². The number of benzene rings is 2. The fraction of sp³-hybridized carbons (Fsp3) is 0.118. The maximum Gasteiger partial charge on any atom is 0.0751 e. The molecule has 0 atom stereocenters. The number of rotatable bonds is 3. The minimum Gasteiger partial charge on any atom is -0.380 e. The SMILES string of the molecule is Cc1ccc(NCc2ccccc2)c2cccnc12. The average molecular weight is 248 g/mol. The van der Waals surface area contributed by atoms with E-state index in [1.807, 2.05) is 18.3 Å². The van der Waals surface area contributed by atoms with Crippen LogP contribution in [0.5, 0.6) is 0 Å². The van der Waals surface area contributed by atoms with E-state index in [1.165, 1.54) is 16.5 Å². The number of aromatic nitrogens is 1. The predicted octanol–water partition coefficient (Wildman–Crippen LogP) is 4.16. The fourth-order valence-corrected chi connectivity index (χ4v) is 2.26. The Morgan fingerprint density at radius 1 is 0.947 bits per heavy atom. The van der Waals surface area contributed by atoms with Gasteiger partial charge in [-0.15, -0.1) is 0 Å². The lowest BCUT2D eigenvalue weighted by Gasteiger charge is -2.11. The molecule has 0 unspecified atom stereocenters. The van der Waals surface area contributed by atoms with Gasteiger partial charge in [0.2, 0.25) is 0 Å². The molecule has 0 spiro atoms. The van der Waals surface area contributed by atoms with Gasteiger partial charge < -0.3 is 5.32 Å². The van der Waals surface area contributed by atoms with Crippen molar-refractivity contribution in [3.8, 4) is 0 Å². The van der Waals surface area contributed by atoms with Crippen molar-refractivity contribution in [2.45, 2.75) is 13.5 Å². The Morgan fingerprint density at radius 2 is 1.79 bits per heavy atom. The van der Waals surface area contributed by atoms with Gasteiger partial charge in [-0.25, -0.2) is 0 Å². The predicted molar refractivity (Wildman–Crippen MR) is 80.2 cm³/mol. The second kappa shape index (κ2) is 5.11. The molecule has 0 saturated heterocycles. The van der Waals surface area contributed by atoms with Crippen LogP contribution in [0.25, 0.3) is 10.9 Å². The lowest BCUT2D eigenvalue weighted by atomic mass is 10.1. The highest BCUT2D eigenvalue weighted by Gasteiger charge is 2.03. The lowest BCUT2D eigenvalue weighted by molar-refractivity contribution is 1.15. The van der Waals surface area contributed by atoms with Crippen LogP contribution in [-0.2, 0) is 6.54 Å². The van der Waals surface area contributed by atoms with Crippen LogP contribution in [0.3, 0.4) is 0 Å². The third-order valence-corrected chi connectivity index (χ3v) is 3.30. The Morgan fingerprint density at radius 3 is 2.63 bits per heavy atom. The molecular formula is C17H16N2. The van der Waals surface area contributed by atoms with Crippen LogP contribution >= 0.6 is 0 Å². The van der Waals surface area contributed by atoms with Gasteiger partial charge in [-0.3, -0.25) is 4.98 Å². The maximum absolute atomic E-state index is 4.46. The Hall–Kier alpha value is -2.35. The van der Waals surface area contributed by atoms with Gasteiger partial charge >= 0.3 is 0 Å². The summed E-state index contributed by atoms with van der Waals surface area (Å²) in [6.07, 6.45) is 1.84. The van der Waals surface area contributed by atoms with Crippen LogP contribution in [0.4, 0.5) is 5.69 Å². The highest BCUT2D eigenvalue weighted by Crippen LogP contribution is 2.24. The third kappa shape index (κ3) is 2.43. The summed E-state index contributed by atoms with van der Waals surface area (Å²) in [5.74, 6) is 0. The molecule has 1 N–H and O–H groups in total. The minimum atomic E-state index is 0.827. The molecule has 0 amide bonds. The van der Waals surface area contributed by atoms with Gasteiger partial charge in [0.1, 0.15) is 0 Å². The van der Waals surface area contributed by atoms with E-state index in [0.717, 1.165) is 17.7 Å². The summed E-state index contributed by atoms with van der Waals surface area (Å²) in [6, 6.07) is 18.7. The molecule has 0 fully saturated rings. The van der Waals surface area contributed by atoms with Crippen LogP contribution in [-0.4, -0.2) is 4.98 Å². The van der Waals surface area contributed by atoms with E-state index in [0.29, 0.717) is 0 Å². The summed E-state index contributed by atoms with van der Waals surface area (Å²) in [6.45, 7) is 2.92. The topological polar surface area (TPSA) is 24.9 Å². The van der Waals surface area contributed by atoms with Gasteiger partial charge in [-0.1, -0.05) is 36.4 Å². The number of nitrogens with zero attached hydrogens (tertiary/aromatic N) is 1. The first-order valence-electron chi connectivity index (χ1n) is 6.47. The first kappa shape index (κ1) is 11.7. The summed E-state index contributed by atoms with van der Waals surface area (Å²) in [5, 5.41) is 4.67. The third-order valence-electron chi connectivity index (χ3n) is 3.30. The molecule has 0 bridgehead atoms. The van der Waals surface area contributed by atoms with Gasteiger partial charge in [0.15, 0.2) is 0 Å². The molecule has 0 aliphatic carbocycles.